The van der Waals surface area contributed by atoms with Crippen molar-refractivity contribution in [1.29, 1.82) is 0 Å². The molecule has 0 aliphatic carbocycles. The zero-order valence-electron chi connectivity index (χ0n) is 7.93. The van der Waals surface area contributed by atoms with Crippen LogP contribution in [-0.2, 0) is 12.8 Å². The Hall–Kier alpha value is -0.820. The lowest BCUT2D eigenvalue weighted by atomic mass is 9.99. The normalized spacial score (nSPS) is 10.1. The van der Waals surface area contributed by atoms with Gasteiger partial charge < -0.3 is 0 Å². The van der Waals surface area contributed by atoms with Crippen molar-refractivity contribution in [1.82, 2.24) is 0 Å². The van der Waals surface area contributed by atoms with E-state index in [9.17, 15) is 4.79 Å². The van der Waals surface area contributed by atoms with E-state index in [2.05, 4.69) is 0 Å². The molecule has 0 aliphatic rings. The number of carbonyl (C=O) groups excluding carboxylic acids is 1. The van der Waals surface area contributed by atoms with Gasteiger partial charge in [0.05, 0.1) is 0 Å². The molecule has 0 saturated heterocycles. The fraction of sp³-hybridized carbons (Fsp3) is 0.364. The van der Waals surface area contributed by atoms with Gasteiger partial charge in [-0.2, -0.15) is 0 Å². The zero-order valence-corrected chi connectivity index (χ0v) is 8.69. The molecule has 0 atom stereocenters. The molecule has 0 unspecified atom stereocenters. The minimum atomic E-state index is 0.696. The van der Waals surface area contributed by atoms with E-state index in [-0.39, 0.29) is 0 Å². The molecule has 70 valence electrons. The van der Waals surface area contributed by atoms with E-state index in [1.54, 1.807) is 0 Å². The number of benzene rings is 1. The summed E-state index contributed by atoms with van der Waals surface area (Å²) >= 11 is 5.98. The van der Waals surface area contributed by atoms with E-state index in [1.165, 1.54) is 0 Å². The van der Waals surface area contributed by atoms with Crippen LogP contribution in [0.1, 0.15) is 35.3 Å². The second kappa shape index (κ2) is 4.43. The SMILES string of the molecule is CCc1ccc(Cl)c(CC)c1C=O. The molecule has 0 amide bonds. The van der Waals surface area contributed by atoms with Crippen LogP contribution in [0, 0.1) is 0 Å². The van der Waals surface area contributed by atoms with Crippen LogP contribution >= 0.6 is 11.6 Å². The van der Waals surface area contributed by atoms with Gasteiger partial charge in [0.15, 0.2) is 6.29 Å². The Labute approximate surface area is 83.7 Å². The van der Waals surface area contributed by atoms with Gasteiger partial charge in [-0.25, -0.2) is 0 Å². The van der Waals surface area contributed by atoms with Gasteiger partial charge in [-0.15, -0.1) is 0 Å². The summed E-state index contributed by atoms with van der Waals surface area (Å²) in [6, 6.07) is 3.79. The van der Waals surface area contributed by atoms with Gasteiger partial charge in [-0.05, 0) is 30.0 Å². The summed E-state index contributed by atoms with van der Waals surface area (Å²) in [5, 5.41) is 0.696. The highest BCUT2D eigenvalue weighted by molar-refractivity contribution is 6.31. The average Bonchev–Trinajstić information content (AvgIpc) is 2.17. The Bertz CT molecular complexity index is 318. The molecule has 0 fully saturated rings. The monoisotopic (exact) mass is 196 g/mol. The molecule has 0 aliphatic heterocycles. The predicted octanol–water partition coefficient (Wildman–Crippen LogP) is 3.28. The molecular weight excluding hydrogens is 184 g/mol. The highest BCUT2D eigenvalue weighted by Crippen LogP contribution is 2.23. The fourth-order valence-electron chi connectivity index (χ4n) is 1.50. The summed E-state index contributed by atoms with van der Waals surface area (Å²) in [6.07, 6.45) is 2.59. The van der Waals surface area contributed by atoms with E-state index >= 15 is 0 Å². The third-order valence-corrected chi connectivity index (χ3v) is 2.60. The number of aldehydes is 1. The van der Waals surface area contributed by atoms with E-state index in [4.69, 9.17) is 11.6 Å². The zero-order chi connectivity index (χ0) is 9.84. The Morgan fingerprint density at radius 3 is 2.46 bits per heavy atom. The summed E-state index contributed by atoms with van der Waals surface area (Å²) in [4.78, 5) is 10.9. The van der Waals surface area contributed by atoms with Crippen molar-refractivity contribution in [2.24, 2.45) is 0 Å². The molecule has 1 aromatic carbocycles. The Morgan fingerprint density at radius 2 is 2.00 bits per heavy atom. The summed E-state index contributed by atoms with van der Waals surface area (Å²) in [6.45, 7) is 4.04. The first-order valence-corrected chi connectivity index (χ1v) is 4.87. The Balaban J connectivity index is 3.36. The van der Waals surface area contributed by atoms with Gasteiger partial charge >= 0.3 is 0 Å². The first kappa shape index (κ1) is 10.3. The molecule has 13 heavy (non-hydrogen) atoms. The molecule has 2 heteroatoms. The third kappa shape index (κ3) is 1.92. The molecule has 1 rings (SSSR count). The lowest BCUT2D eigenvalue weighted by Crippen LogP contribution is -1.98. The van der Waals surface area contributed by atoms with Crippen LogP contribution in [0.25, 0.3) is 0 Å². The second-order valence-electron chi connectivity index (χ2n) is 2.92. The van der Waals surface area contributed by atoms with E-state index in [0.717, 1.165) is 35.8 Å². The number of halogens is 1. The summed E-state index contributed by atoms with van der Waals surface area (Å²) in [5.74, 6) is 0. The van der Waals surface area contributed by atoms with Crippen molar-refractivity contribution in [2.45, 2.75) is 26.7 Å². The molecular formula is C11H13ClO. The lowest BCUT2D eigenvalue weighted by Gasteiger charge is -2.08. The van der Waals surface area contributed by atoms with Gasteiger partial charge in [-0.1, -0.05) is 31.5 Å². The third-order valence-electron chi connectivity index (χ3n) is 2.24. The quantitative estimate of drug-likeness (QED) is 0.679. The minimum absolute atomic E-state index is 0.696. The molecule has 0 saturated carbocycles. The van der Waals surface area contributed by atoms with Crippen LogP contribution in [0.2, 0.25) is 5.02 Å². The van der Waals surface area contributed by atoms with Crippen LogP contribution in [-0.4, -0.2) is 6.29 Å². The van der Waals surface area contributed by atoms with E-state index in [0.29, 0.717) is 5.02 Å². The largest absolute Gasteiger partial charge is 0.298 e. The number of rotatable bonds is 3. The number of aryl methyl sites for hydroxylation is 1. The van der Waals surface area contributed by atoms with Crippen molar-refractivity contribution >= 4 is 17.9 Å². The summed E-state index contributed by atoms with van der Waals surface area (Å²) in [7, 11) is 0. The molecule has 0 bridgehead atoms. The van der Waals surface area contributed by atoms with E-state index in [1.807, 2.05) is 26.0 Å². The molecule has 0 aromatic heterocycles. The lowest BCUT2D eigenvalue weighted by molar-refractivity contribution is 0.112. The molecule has 0 spiro atoms. The number of carbonyl (C=O) groups is 1. The van der Waals surface area contributed by atoms with Gasteiger partial charge in [0.1, 0.15) is 0 Å². The smallest absolute Gasteiger partial charge is 0.150 e. The van der Waals surface area contributed by atoms with Crippen LogP contribution in [0.5, 0.6) is 0 Å². The van der Waals surface area contributed by atoms with Crippen LogP contribution in [0.15, 0.2) is 12.1 Å². The van der Waals surface area contributed by atoms with Gasteiger partial charge in [0, 0.05) is 10.6 Å². The Morgan fingerprint density at radius 1 is 1.31 bits per heavy atom. The molecule has 0 heterocycles. The van der Waals surface area contributed by atoms with Crippen molar-refractivity contribution in [3.63, 3.8) is 0 Å². The van der Waals surface area contributed by atoms with Crippen molar-refractivity contribution in [3.8, 4) is 0 Å². The summed E-state index contributed by atoms with van der Waals surface area (Å²) < 4.78 is 0. The van der Waals surface area contributed by atoms with Gasteiger partial charge in [-0.3, -0.25) is 4.79 Å². The highest BCUT2D eigenvalue weighted by atomic mass is 35.5. The second-order valence-corrected chi connectivity index (χ2v) is 3.33. The number of hydrogen-bond acceptors (Lipinski definition) is 1. The van der Waals surface area contributed by atoms with Crippen LogP contribution in [0.3, 0.4) is 0 Å². The molecule has 0 radical (unpaired) electrons. The average molecular weight is 197 g/mol. The molecule has 0 N–H and O–H groups in total. The highest BCUT2D eigenvalue weighted by Gasteiger charge is 2.08. The first-order valence-electron chi connectivity index (χ1n) is 4.50. The maximum absolute atomic E-state index is 10.9. The first-order chi connectivity index (χ1) is 6.24. The van der Waals surface area contributed by atoms with Gasteiger partial charge in [0.2, 0.25) is 0 Å². The standard InChI is InChI=1S/C11H13ClO/c1-3-8-5-6-11(12)9(4-2)10(8)7-13/h5-7H,3-4H2,1-2H3. The van der Waals surface area contributed by atoms with Crippen molar-refractivity contribution in [3.05, 3.63) is 33.8 Å². The molecule has 1 nitrogen and oxygen atoms in total. The maximum Gasteiger partial charge on any atom is 0.150 e. The van der Waals surface area contributed by atoms with Crippen molar-refractivity contribution < 1.29 is 4.79 Å². The van der Waals surface area contributed by atoms with Crippen molar-refractivity contribution in [2.75, 3.05) is 0 Å². The predicted molar refractivity (Wildman–Crippen MR) is 55.6 cm³/mol. The van der Waals surface area contributed by atoms with Crippen LogP contribution in [0.4, 0.5) is 0 Å². The van der Waals surface area contributed by atoms with E-state index < -0.39 is 0 Å². The fourth-order valence-corrected chi connectivity index (χ4v) is 1.80. The Kier molecular flexibility index (Phi) is 3.49. The van der Waals surface area contributed by atoms with Gasteiger partial charge in [0.25, 0.3) is 0 Å². The maximum atomic E-state index is 10.9. The topological polar surface area (TPSA) is 17.1 Å². The summed E-state index contributed by atoms with van der Waals surface area (Å²) in [5.41, 5.74) is 2.82. The molecule has 1 aromatic rings. The van der Waals surface area contributed by atoms with Crippen LogP contribution < -0.4 is 0 Å². The minimum Gasteiger partial charge on any atom is -0.298 e. The number of hydrogen-bond donors (Lipinski definition) is 0.